The minimum atomic E-state index is 0.0217. The van der Waals surface area contributed by atoms with Crippen molar-refractivity contribution in [1.29, 1.82) is 0 Å². The topological polar surface area (TPSA) is 38.8 Å². The van der Waals surface area contributed by atoms with Crippen molar-refractivity contribution in [3.8, 4) is 11.5 Å². The predicted octanol–water partition coefficient (Wildman–Crippen LogP) is 3.05. The molecule has 0 aromatic heterocycles. The number of hydrogen-bond acceptors (Lipinski definition) is 3. The normalized spacial score (nSPS) is 13.3. The molecule has 23 heavy (non-hydrogen) atoms. The third kappa shape index (κ3) is 3.83. The van der Waals surface area contributed by atoms with E-state index >= 15 is 0 Å². The number of rotatable bonds is 5. The van der Waals surface area contributed by atoms with Crippen molar-refractivity contribution in [2.75, 3.05) is 19.8 Å². The maximum atomic E-state index is 12.3. The van der Waals surface area contributed by atoms with Gasteiger partial charge in [-0.3, -0.25) is 4.79 Å². The summed E-state index contributed by atoms with van der Waals surface area (Å²) in [4.78, 5) is 14.2. The van der Waals surface area contributed by atoms with Gasteiger partial charge in [0.1, 0.15) is 11.5 Å². The quantitative estimate of drug-likeness (QED) is 0.852. The zero-order chi connectivity index (χ0) is 16.1. The third-order valence-electron chi connectivity index (χ3n) is 3.98. The second-order valence-corrected chi connectivity index (χ2v) is 5.53. The van der Waals surface area contributed by atoms with Crippen molar-refractivity contribution >= 4 is 5.91 Å². The average molecular weight is 311 g/mol. The highest BCUT2D eigenvalue weighted by Gasteiger charge is 2.20. The van der Waals surface area contributed by atoms with Crippen LogP contribution >= 0.6 is 0 Å². The fraction of sp³-hybridized carbons (Fsp3) is 0.316. The number of amides is 1. The molecule has 0 bridgehead atoms. The number of fused-ring (bicyclic) bond motifs is 1. The summed E-state index contributed by atoms with van der Waals surface area (Å²) in [5.41, 5.74) is 2.57. The molecule has 3 rings (SSSR count). The number of hydrogen-bond donors (Lipinski definition) is 0. The first-order valence-corrected chi connectivity index (χ1v) is 7.96. The van der Waals surface area contributed by atoms with Crippen molar-refractivity contribution in [3.05, 3.63) is 59.7 Å². The molecule has 4 heteroatoms. The predicted molar refractivity (Wildman–Crippen MR) is 88.7 cm³/mol. The van der Waals surface area contributed by atoms with Crippen LogP contribution in [0.15, 0.2) is 48.5 Å². The van der Waals surface area contributed by atoms with Gasteiger partial charge < -0.3 is 14.4 Å². The van der Waals surface area contributed by atoms with Gasteiger partial charge in [0.25, 0.3) is 5.91 Å². The standard InChI is InChI=1S/C19H21NO3/c1-2-22-17-7-9-18(10-8-17)23-14-19(21)20-12-11-15-5-3-4-6-16(15)13-20/h3-10H,2,11-14H2,1H3. The number of benzene rings is 2. The summed E-state index contributed by atoms with van der Waals surface area (Å²) in [6, 6.07) is 15.6. The van der Waals surface area contributed by atoms with Crippen molar-refractivity contribution in [2.24, 2.45) is 0 Å². The highest BCUT2D eigenvalue weighted by Crippen LogP contribution is 2.20. The molecule has 2 aromatic carbocycles. The van der Waals surface area contributed by atoms with E-state index in [0.29, 0.717) is 18.9 Å². The molecule has 0 atom stereocenters. The molecule has 0 fully saturated rings. The maximum Gasteiger partial charge on any atom is 0.260 e. The van der Waals surface area contributed by atoms with E-state index in [9.17, 15) is 4.79 Å². The van der Waals surface area contributed by atoms with Crippen LogP contribution in [0.1, 0.15) is 18.1 Å². The molecule has 1 amide bonds. The molecule has 1 heterocycles. The lowest BCUT2D eigenvalue weighted by molar-refractivity contribution is -0.134. The Bertz CT molecular complexity index is 667. The van der Waals surface area contributed by atoms with Crippen LogP contribution in [0.5, 0.6) is 11.5 Å². The van der Waals surface area contributed by atoms with E-state index in [0.717, 1.165) is 18.7 Å². The molecule has 2 aromatic rings. The SMILES string of the molecule is CCOc1ccc(OCC(=O)N2CCc3ccccc3C2)cc1. The van der Waals surface area contributed by atoms with Gasteiger partial charge in [0, 0.05) is 13.1 Å². The van der Waals surface area contributed by atoms with Gasteiger partial charge in [-0.15, -0.1) is 0 Å². The highest BCUT2D eigenvalue weighted by molar-refractivity contribution is 5.78. The van der Waals surface area contributed by atoms with Crippen molar-refractivity contribution < 1.29 is 14.3 Å². The molecular formula is C19H21NO3. The first-order valence-electron chi connectivity index (χ1n) is 7.96. The maximum absolute atomic E-state index is 12.3. The Kier molecular flexibility index (Phi) is 4.81. The van der Waals surface area contributed by atoms with Gasteiger partial charge in [0.15, 0.2) is 6.61 Å². The van der Waals surface area contributed by atoms with E-state index < -0.39 is 0 Å². The number of carbonyl (C=O) groups is 1. The molecule has 120 valence electrons. The largest absolute Gasteiger partial charge is 0.494 e. The van der Waals surface area contributed by atoms with Crippen LogP contribution in [-0.2, 0) is 17.8 Å². The Morgan fingerprint density at radius 1 is 1.00 bits per heavy atom. The van der Waals surface area contributed by atoms with Crippen LogP contribution in [0.4, 0.5) is 0 Å². The minimum absolute atomic E-state index is 0.0217. The molecule has 0 aliphatic carbocycles. The van der Waals surface area contributed by atoms with E-state index in [2.05, 4.69) is 12.1 Å². The Labute approximate surface area is 136 Å². The Morgan fingerprint density at radius 2 is 1.65 bits per heavy atom. The fourth-order valence-electron chi connectivity index (χ4n) is 2.74. The number of ether oxygens (including phenoxy) is 2. The van der Waals surface area contributed by atoms with Crippen molar-refractivity contribution in [3.63, 3.8) is 0 Å². The fourth-order valence-corrected chi connectivity index (χ4v) is 2.74. The summed E-state index contributed by atoms with van der Waals surface area (Å²) in [5.74, 6) is 1.51. The molecule has 0 spiro atoms. The summed E-state index contributed by atoms with van der Waals surface area (Å²) in [6.45, 7) is 4.06. The van der Waals surface area contributed by atoms with Gasteiger partial charge in [0.2, 0.25) is 0 Å². The summed E-state index contributed by atoms with van der Waals surface area (Å²) in [7, 11) is 0. The monoisotopic (exact) mass is 311 g/mol. The first kappa shape index (κ1) is 15.4. The Balaban J connectivity index is 1.54. The van der Waals surface area contributed by atoms with Crippen molar-refractivity contribution in [1.82, 2.24) is 4.90 Å². The summed E-state index contributed by atoms with van der Waals surface area (Å²) in [6.07, 6.45) is 0.908. The molecule has 0 unspecified atom stereocenters. The third-order valence-corrected chi connectivity index (χ3v) is 3.98. The molecule has 0 saturated heterocycles. The van der Waals surface area contributed by atoms with Gasteiger partial charge in [-0.2, -0.15) is 0 Å². The zero-order valence-electron chi connectivity index (χ0n) is 13.3. The van der Waals surface area contributed by atoms with Gasteiger partial charge in [-0.25, -0.2) is 0 Å². The second kappa shape index (κ2) is 7.18. The summed E-state index contributed by atoms with van der Waals surface area (Å²) >= 11 is 0. The molecule has 0 saturated carbocycles. The molecule has 0 radical (unpaired) electrons. The van der Waals surface area contributed by atoms with Gasteiger partial charge in [-0.05, 0) is 48.7 Å². The number of carbonyl (C=O) groups excluding carboxylic acids is 1. The van der Waals surface area contributed by atoms with E-state index in [4.69, 9.17) is 9.47 Å². The van der Waals surface area contributed by atoms with Crippen molar-refractivity contribution in [2.45, 2.75) is 19.9 Å². The molecular weight excluding hydrogens is 290 g/mol. The summed E-state index contributed by atoms with van der Waals surface area (Å²) in [5, 5.41) is 0. The molecule has 4 nitrogen and oxygen atoms in total. The smallest absolute Gasteiger partial charge is 0.260 e. The summed E-state index contributed by atoms with van der Waals surface area (Å²) < 4.78 is 11.0. The van der Waals surface area contributed by atoms with Crippen LogP contribution in [0, 0.1) is 0 Å². The Hall–Kier alpha value is -2.49. The van der Waals surface area contributed by atoms with Crippen LogP contribution in [0.25, 0.3) is 0 Å². The number of nitrogens with zero attached hydrogens (tertiary/aromatic N) is 1. The lowest BCUT2D eigenvalue weighted by Crippen LogP contribution is -2.38. The first-order chi connectivity index (χ1) is 11.3. The van der Waals surface area contributed by atoms with E-state index in [1.54, 1.807) is 0 Å². The Morgan fingerprint density at radius 3 is 2.35 bits per heavy atom. The lowest BCUT2D eigenvalue weighted by atomic mass is 10.00. The molecule has 0 N–H and O–H groups in total. The van der Waals surface area contributed by atoms with Crippen LogP contribution in [0.2, 0.25) is 0 Å². The second-order valence-electron chi connectivity index (χ2n) is 5.53. The van der Waals surface area contributed by atoms with E-state index in [-0.39, 0.29) is 12.5 Å². The van der Waals surface area contributed by atoms with Crippen LogP contribution in [0.3, 0.4) is 0 Å². The zero-order valence-corrected chi connectivity index (χ0v) is 13.3. The van der Waals surface area contributed by atoms with E-state index in [1.807, 2.05) is 48.2 Å². The van der Waals surface area contributed by atoms with Gasteiger partial charge in [-0.1, -0.05) is 24.3 Å². The minimum Gasteiger partial charge on any atom is -0.494 e. The highest BCUT2D eigenvalue weighted by atomic mass is 16.5. The van der Waals surface area contributed by atoms with E-state index in [1.165, 1.54) is 11.1 Å². The average Bonchev–Trinajstić information content (AvgIpc) is 2.60. The van der Waals surface area contributed by atoms with Gasteiger partial charge in [0.05, 0.1) is 6.61 Å². The lowest BCUT2D eigenvalue weighted by Gasteiger charge is -2.28. The van der Waals surface area contributed by atoms with Crippen LogP contribution < -0.4 is 9.47 Å². The molecule has 1 aliphatic rings. The van der Waals surface area contributed by atoms with Gasteiger partial charge >= 0.3 is 0 Å². The van der Waals surface area contributed by atoms with Crippen LogP contribution in [-0.4, -0.2) is 30.6 Å². The molecule has 1 aliphatic heterocycles.